The van der Waals surface area contributed by atoms with E-state index in [9.17, 15) is 15.3 Å². The molecule has 158 valence electrons. The molecular weight excluding hydrogens is 328 g/mol. The molecule has 0 amide bonds. The lowest BCUT2D eigenvalue weighted by atomic mass is 10.00. The van der Waals surface area contributed by atoms with Crippen LogP contribution < -0.4 is 0 Å². The van der Waals surface area contributed by atoms with Gasteiger partial charge in [-0.25, -0.2) is 0 Å². The average Bonchev–Trinajstić information content (AvgIpc) is 2.60. The van der Waals surface area contributed by atoms with E-state index in [1.54, 1.807) is 13.8 Å². The highest BCUT2D eigenvalue weighted by Crippen LogP contribution is 2.25. The summed E-state index contributed by atoms with van der Waals surface area (Å²) in [6.07, 6.45) is 12.8. The molecule has 4 heteroatoms. The molecule has 0 radical (unpaired) electrons. The van der Waals surface area contributed by atoms with Gasteiger partial charge >= 0.3 is 0 Å². The zero-order chi connectivity index (χ0) is 19.8. The first-order valence-electron chi connectivity index (χ1n) is 11.1. The normalized spacial score (nSPS) is 17.7. The quantitative estimate of drug-likeness (QED) is 0.224. The molecule has 0 aliphatic rings. The maximum atomic E-state index is 10.7. The van der Waals surface area contributed by atoms with Crippen molar-refractivity contribution in [3.8, 4) is 0 Å². The highest BCUT2D eigenvalue weighted by molar-refractivity contribution is 4.77. The van der Waals surface area contributed by atoms with Crippen LogP contribution in [0.2, 0.25) is 0 Å². The first-order valence-corrected chi connectivity index (χ1v) is 11.1. The van der Waals surface area contributed by atoms with Gasteiger partial charge in [-0.05, 0) is 26.7 Å². The van der Waals surface area contributed by atoms with Crippen molar-refractivity contribution in [2.24, 2.45) is 0 Å². The van der Waals surface area contributed by atoms with Crippen molar-refractivity contribution in [1.82, 2.24) is 0 Å². The van der Waals surface area contributed by atoms with Crippen LogP contribution in [-0.2, 0) is 4.74 Å². The van der Waals surface area contributed by atoms with Crippen LogP contribution in [0.4, 0.5) is 0 Å². The number of hydrogen-bond donors (Lipinski definition) is 3. The highest BCUT2D eigenvalue weighted by Gasteiger charge is 2.36. The summed E-state index contributed by atoms with van der Waals surface area (Å²) in [4.78, 5) is 0. The van der Waals surface area contributed by atoms with Crippen LogP contribution in [0.15, 0.2) is 0 Å². The Kier molecular flexibility index (Phi) is 15.8. The third kappa shape index (κ3) is 12.3. The molecule has 0 saturated heterocycles. The molecule has 0 aromatic rings. The smallest absolute Gasteiger partial charge is 0.192 e. The molecule has 0 fully saturated rings. The molecule has 0 heterocycles. The Morgan fingerprint density at radius 2 is 1.19 bits per heavy atom. The van der Waals surface area contributed by atoms with Crippen molar-refractivity contribution in [1.29, 1.82) is 0 Å². The molecule has 26 heavy (non-hydrogen) atoms. The standard InChI is InChI=1S/C22H46O4/c1-5-7-9-11-13-15-17-21(24)19(3)26-22(25,20(4)23)18-16-14-12-10-8-6-2/h19-21,23-25H,5-18H2,1-4H3. The summed E-state index contributed by atoms with van der Waals surface area (Å²) in [5, 5.41) is 31.0. The fourth-order valence-electron chi connectivity index (χ4n) is 3.29. The minimum absolute atomic E-state index is 0.408. The predicted octanol–water partition coefficient (Wildman–Crippen LogP) is 5.32. The Morgan fingerprint density at radius 1 is 0.731 bits per heavy atom. The van der Waals surface area contributed by atoms with Gasteiger partial charge in [0, 0.05) is 6.42 Å². The van der Waals surface area contributed by atoms with Gasteiger partial charge in [0.25, 0.3) is 0 Å². The van der Waals surface area contributed by atoms with Gasteiger partial charge in [-0.15, -0.1) is 0 Å². The number of hydrogen-bond acceptors (Lipinski definition) is 4. The molecule has 0 aliphatic heterocycles. The van der Waals surface area contributed by atoms with Crippen LogP contribution in [0.25, 0.3) is 0 Å². The Morgan fingerprint density at radius 3 is 1.69 bits per heavy atom. The third-order valence-corrected chi connectivity index (χ3v) is 5.33. The van der Waals surface area contributed by atoms with Crippen molar-refractivity contribution >= 4 is 0 Å². The molecule has 0 rings (SSSR count). The minimum Gasteiger partial charge on any atom is -0.390 e. The molecule has 0 spiro atoms. The van der Waals surface area contributed by atoms with Crippen molar-refractivity contribution in [2.75, 3.05) is 0 Å². The summed E-state index contributed by atoms with van der Waals surface area (Å²) in [6, 6.07) is 0. The summed E-state index contributed by atoms with van der Waals surface area (Å²) < 4.78 is 5.74. The Bertz CT molecular complexity index is 309. The molecule has 0 aromatic heterocycles. The molecule has 0 saturated carbocycles. The molecule has 0 aliphatic carbocycles. The fraction of sp³-hybridized carbons (Fsp3) is 1.00. The van der Waals surface area contributed by atoms with E-state index in [0.717, 1.165) is 32.1 Å². The van der Waals surface area contributed by atoms with Crippen LogP contribution in [0, 0.1) is 0 Å². The first kappa shape index (κ1) is 25.8. The van der Waals surface area contributed by atoms with Crippen LogP contribution in [0.5, 0.6) is 0 Å². The maximum Gasteiger partial charge on any atom is 0.192 e. The topological polar surface area (TPSA) is 69.9 Å². The molecule has 4 unspecified atom stereocenters. The predicted molar refractivity (Wildman–Crippen MR) is 109 cm³/mol. The second-order valence-electron chi connectivity index (χ2n) is 7.99. The van der Waals surface area contributed by atoms with E-state index in [2.05, 4.69) is 13.8 Å². The van der Waals surface area contributed by atoms with Crippen molar-refractivity contribution in [3.05, 3.63) is 0 Å². The van der Waals surface area contributed by atoms with E-state index in [0.29, 0.717) is 12.8 Å². The molecule has 3 N–H and O–H groups in total. The summed E-state index contributed by atoms with van der Waals surface area (Å²) in [7, 11) is 0. The third-order valence-electron chi connectivity index (χ3n) is 5.33. The summed E-state index contributed by atoms with van der Waals surface area (Å²) in [5.74, 6) is -1.56. The second-order valence-corrected chi connectivity index (χ2v) is 7.99. The second kappa shape index (κ2) is 15.9. The lowest BCUT2D eigenvalue weighted by Gasteiger charge is -2.35. The van der Waals surface area contributed by atoms with Gasteiger partial charge in [-0.3, -0.25) is 0 Å². The summed E-state index contributed by atoms with van der Waals surface area (Å²) in [6.45, 7) is 7.75. The minimum atomic E-state index is -1.56. The molecule has 4 nitrogen and oxygen atoms in total. The van der Waals surface area contributed by atoms with Crippen LogP contribution >= 0.6 is 0 Å². The zero-order valence-electron chi connectivity index (χ0n) is 17.9. The molecule has 4 atom stereocenters. The molecule has 0 bridgehead atoms. The van der Waals surface area contributed by atoms with Gasteiger partial charge < -0.3 is 20.1 Å². The number of ether oxygens (including phenoxy) is 1. The van der Waals surface area contributed by atoms with Gasteiger partial charge in [0.2, 0.25) is 0 Å². The molecule has 0 aromatic carbocycles. The zero-order valence-corrected chi connectivity index (χ0v) is 17.9. The SMILES string of the molecule is CCCCCCCCC(O)C(C)OC(O)(CCCCCCCC)C(C)O. The maximum absolute atomic E-state index is 10.7. The largest absolute Gasteiger partial charge is 0.390 e. The van der Waals surface area contributed by atoms with Crippen molar-refractivity contribution in [2.45, 2.75) is 142 Å². The Hall–Kier alpha value is -0.160. The van der Waals surface area contributed by atoms with Gasteiger partial charge in [0.1, 0.15) is 6.10 Å². The van der Waals surface area contributed by atoms with E-state index in [1.807, 2.05) is 0 Å². The Labute approximate surface area is 162 Å². The van der Waals surface area contributed by atoms with Crippen molar-refractivity contribution in [3.63, 3.8) is 0 Å². The molecular formula is C22H46O4. The van der Waals surface area contributed by atoms with Gasteiger partial charge in [0.15, 0.2) is 5.79 Å². The van der Waals surface area contributed by atoms with E-state index in [4.69, 9.17) is 4.74 Å². The van der Waals surface area contributed by atoms with E-state index in [1.165, 1.54) is 44.9 Å². The van der Waals surface area contributed by atoms with Crippen LogP contribution in [0.1, 0.15) is 118 Å². The monoisotopic (exact) mass is 374 g/mol. The summed E-state index contributed by atoms with van der Waals surface area (Å²) in [5.41, 5.74) is 0. The number of aliphatic hydroxyl groups excluding tert-OH is 2. The summed E-state index contributed by atoms with van der Waals surface area (Å²) >= 11 is 0. The van der Waals surface area contributed by atoms with Gasteiger partial charge in [-0.2, -0.15) is 0 Å². The average molecular weight is 375 g/mol. The van der Waals surface area contributed by atoms with E-state index in [-0.39, 0.29) is 0 Å². The highest BCUT2D eigenvalue weighted by atomic mass is 16.6. The van der Waals surface area contributed by atoms with E-state index < -0.39 is 24.1 Å². The Balaban J connectivity index is 4.15. The van der Waals surface area contributed by atoms with Crippen LogP contribution in [-0.4, -0.2) is 39.4 Å². The van der Waals surface area contributed by atoms with Gasteiger partial charge in [-0.1, -0.05) is 84.5 Å². The van der Waals surface area contributed by atoms with Gasteiger partial charge in [0.05, 0.1) is 12.2 Å². The van der Waals surface area contributed by atoms with E-state index >= 15 is 0 Å². The fourth-order valence-corrected chi connectivity index (χ4v) is 3.29. The van der Waals surface area contributed by atoms with Crippen LogP contribution in [0.3, 0.4) is 0 Å². The first-order chi connectivity index (χ1) is 12.4. The number of aliphatic hydroxyl groups is 3. The lowest BCUT2D eigenvalue weighted by molar-refractivity contribution is -0.285. The van der Waals surface area contributed by atoms with Crippen molar-refractivity contribution < 1.29 is 20.1 Å². The number of rotatable bonds is 18. The lowest BCUT2D eigenvalue weighted by Crippen LogP contribution is -2.47. The number of unbranched alkanes of at least 4 members (excludes halogenated alkanes) is 10.